The third-order valence-electron chi connectivity index (χ3n) is 5.72. The van der Waals surface area contributed by atoms with Crippen LogP contribution in [0.2, 0.25) is 0 Å². The summed E-state index contributed by atoms with van der Waals surface area (Å²) in [6.45, 7) is 12.6. The minimum absolute atomic E-state index is 0.301. The smallest absolute Gasteiger partial charge is 0.411 e. The van der Waals surface area contributed by atoms with E-state index in [4.69, 9.17) is 9.72 Å². The van der Waals surface area contributed by atoms with Gasteiger partial charge in [-0.1, -0.05) is 43.7 Å². The van der Waals surface area contributed by atoms with Gasteiger partial charge in [0.15, 0.2) is 0 Å². The highest BCUT2D eigenvalue weighted by molar-refractivity contribution is 6.06. The van der Waals surface area contributed by atoms with Gasteiger partial charge in [0.25, 0.3) is 0 Å². The standard InChI is InChI=1S/C29H38N4O4/c1-18(2)16-24-26(33(7)28(35)36)25(20-10-8-19(3)9-11-20)22-17-21(12-13-23(22)32-24)30-14-15-31-27(34)37-29(4,5)6/h8-13,17-18,30H,14-16H2,1-7H3,(H,31,34)(H,35,36). The lowest BCUT2D eigenvalue weighted by atomic mass is 9.94. The van der Waals surface area contributed by atoms with Crippen LogP contribution in [0.5, 0.6) is 0 Å². The zero-order valence-electron chi connectivity index (χ0n) is 22.8. The Morgan fingerprint density at radius 3 is 2.35 bits per heavy atom. The second kappa shape index (κ2) is 11.5. The van der Waals surface area contributed by atoms with Crippen molar-refractivity contribution in [2.24, 2.45) is 5.92 Å². The molecule has 0 saturated heterocycles. The first kappa shape index (κ1) is 27.8. The van der Waals surface area contributed by atoms with Gasteiger partial charge in [0, 0.05) is 36.8 Å². The number of carboxylic acid groups (broad SMARTS) is 1. The van der Waals surface area contributed by atoms with E-state index in [1.54, 1.807) is 7.05 Å². The van der Waals surface area contributed by atoms with Gasteiger partial charge in [-0.15, -0.1) is 0 Å². The fourth-order valence-corrected chi connectivity index (χ4v) is 4.10. The van der Waals surface area contributed by atoms with Crippen LogP contribution < -0.4 is 15.5 Å². The highest BCUT2D eigenvalue weighted by Crippen LogP contribution is 2.40. The fraction of sp³-hybridized carbons (Fsp3) is 0.414. The molecule has 8 nitrogen and oxygen atoms in total. The summed E-state index contributed by atoms with van der Waals surface area (Å²) in [5.41, 5.74) is 5.32. The van der Waals surface area contributed by atoms with E-state index in [0.29, 0.717) is 31.1 Å². The van der Waals surface area contributed by atoms with Gasteiger partial charge in [0.1, 0.15) is 5.60 Å². The number of hydrogen-bond donors (Lipinski definition) is 3. The van der Waals surface area contributed by atoms with Crippen LogP contribution in [0.15, 0.2) is 42.5 Å². The van der Waals surface area contributed by atoms with E-state index in [-0.39, 0.29) is 0 Å². The average molecular weight is 507 g/mol. The Balaban J connectivity index is 2.03. The molecule has 0 spiro atoms. The predicted molar refractivity (Wildman–Crippen MR) is 150 cm³/mol. The molecule has 2 aromatic carbocycles. The molecule has 3 N–H and O–H groups in total. The van der Waals surface area contributed by atoms with Crippen LogP contribution in [0.4, 0.5) is 21.0 Å². The maximum atomic E-state index is 12.1. The van der Waals surface area contributed by atoms with E-state index in [0.717, 1.165) is 39.0 Å². The monoisotopic (exact) mass is 506 g/mol. The predicted octanol–water partition coefficient (Wildman–Crippen LogP) is 6.46. The van der Waals surface area contributed by atoms with E-state index < -0.39 is 17.8 Å². The molecule has 0 aliphatic carbocycles. The summed E-state index contributed by atoms with van der Waals surface area (Å²) in [6.07, 6.45) is -0.849. The number of anilines is 2. The molecule has 37 heavy (non-hydrogen) atoms. The number of hydrogen-bond acceptors (Lipinski definition) is 5. The first-order valence-electron chi connectivity index (χ1n) is 12.6. The van der Waals surface area contributed by atoms with E-state index in [2.05, 4.69) is 24.5 Å². The molecule has 0 unspecified atom stereocenters. The summed E-state index contributed by atoms with van der Waals surface area (Å²) in [4.78, 5) is 30.2. The molecule has 0 atom stereocenters. The number of nitrogens with one attached hydrogen (secondary N) is 2. The number of nitrogens with zero attached hydrogens (tertiary/aromatic N) is 2. The molecule has 0 bridgehead atoms. The lowest BCUT2D eigenvalue weighted by molar-refractivity contribution is 0.0530. The minimum atomic E-state index is -1.04. The quantitative estimate of drug-likeness (QED) is 0.303. The third kappa shape index (κ3) is 7.35. The van der Waals surface area contributed by atoms with E-state index >= 15 is 0 Å². The molecule has 0 aliphatic heterocycles. The van der Waals surface area contributed by atoms with Crippen LogP contribution in [-0.2, 0) is 11.2 Å². The fourth-order valence-electron chi connectivity index (χ4n) is 4.10. The molecule has 0 fully saturated rings. The molecule has 2 amide bonds. The maximum Gasteiger partial charge on any atom is 0.411 e. The molecule has 0 radical (unpaired) electrons. The van der Waals surface area contributed by atoms with Crippen molar-refractivity contribution in [1.82, 2.24) is 10.3 Å². The van der Waals surface area contributed by atoms with E-state index in [9.17, 15) is 14.7 Å². The van der Waals surface area contributed by atoms with Crippen molar-refractivity contribution in [3.63, 3.8) is 0 Å². The van der Waals surface area contributed by atoms with Crippen molar-refractivity contribution >= 4 is 34.5 Å². The van der Waals surface area contributed by atoms with E-state index in [1.165, 1.54) is 4.90 Å². The first-order chi connectivity index (χ1) is 17.4. The second-order valence-corrected chi connectivity index (χ2v) is 10.7. The Morgan fingerprint density at radius 2 is 1.76 bits per heavy atom. The highest BCUT2D eigenvalue weighted by atomic mass is 16.6. The van der Waals surface area contributed by atoms with Gasteiger partial charge in [0.2, 0.25) is 0 Å². The number of alkyl carbamates (subject to hydrolysis) is 1. The van der Waals surface area contributed by atoms with Crippen molar-refractivity contribution in [2.45, 2.75) is 53.6 Å². The molecule has 3 aromatic rings. The Labute approximate surface area is 219 Å². The number of aryl methyl sites for hydroxylation is 1. The van der Waals surface area contributed by atoms with Gasteiger partial charge in [-0.3, -0.25) is 9.88 Å². The van der Waals surface area contributed by atoms with Crippen LogP contribution in [0.3, 0.4) is 0 Å². The SMILES string of the molecule is Cc1ccc(-c2c(N(C)C(=O)O)c(CC(C)C)nc3ccc(NCCNC(=O)OC(C)(C)C)cc23)cc1. The number of pyridine rings is 1. The number of carbonyl (C=O) groups is 2. The Bertz CT molecular complexity index is 1260. The van der Waals surface area contributed by atoms with Crippen molar-refractivity contribution < 1.29 is 19.4 Å². The van der Waals surface area contributed by atoms with Crippen LogP contribution >= 0.6 is 0 Å². The Morgan fingerprint density at radius 1 is 1.08 bits per heavy atom. The molecule has 8 heteroatoms. The zero-order chi connectivity index (χ0) is 27.3. The molecular formula is C29H38N4O4. The highest BCUT2D eigenvalue weighted by Gasteiger charge is 2.24. The summed E-state index contributed by atoms with van der Waals surface area (Å²) >= 11 is 0. The van der Waals surface area contributed by atoms with Gasteiger partial charge < -0.3 is 20.5 Å². The van der Waals surface area contributed by atoms with Gasteiger partial charge in [-0.05, 0) is 63.8 Å². The van der Waals surface area contributed by atoms with E-state index in [1.807, 2.05) is 70.2 Å². The molecular weight excluding hydrogens is 468 g/mol. The average Bonchev–Trinajstić information content (AvgIpc) is 2.79. The van der Waals surface area contributed by atoms with Crippen molar-refractivity contribution in [1.29, 1.82) is 0 Å². The van der Waals surface area contributed by atoms with Crippen LogP contribution in [-0.4, -0.2) is 48.0 Å². The molecule has 3 rings (SSSR count). The second-order valence-electron chi connectivity index (χ2n) is 10.7. The van der Waals surface area contributed by atoms with Crippen molar-refractivity contribution in [3.8, 4) is 11.1 Å². The summed E-state index contributed by atoms with van der Waals surface area (Å²) in [5, 5.41) is 16.9. The van der Waals surface area contributed by atoms with Crippen molar-refractivity contribution in [3.05, 3.63) is 53.7 Å². The molecule has 1 heterocycles. The summed E-state index contributed by atoms with van der Waals surface area (Å²) in [5.74, 6) is 0.301. The van der Waals surface area contributed by atoms with Gasteiger partial charge in [0.05, 0.1) is 16.9 Å². The number of fused-ring (bicyclic) bond motifs is 1. The van der Waals surface area contributed by atoms with Gasteiger partial charge >= 0.3 is 12.2 Å². The van der Waals surface area contributed by atoms with Crippen LogP contribution in [0.25, 0.3) is 22.0 Å². The molecule has 0 saturated carbocycles. The number of ether oxygens (including phenoxy) is 1. The van der Waals surface area contributed by atoms with Crippen molar-refractivity contribution in [2.75, 3.05) is 30.4 Å². The summed E-state index contributed by atoms with van der Waals surface area (Å²) in [6, 6.07) is 14.0. The number of amides is 2. The maximum absolute atomic E-state index is 12.1. The van der Waals surface area contributed by atoms with Gasteiger partial charge in [-0.2, -0.15) is 0 Å². The number of carbonyl (C=O) groups excluding carboxylic acids is 1. The topological polar surface area (TPSA) is 104 Å². The molecule has 1 aromatic heterocycles. The van der Waals surface area contributed by atoms with Crippen LogP contribution in [0.1, 0.15) is 45.9 Å². The first-order valence-corrected chi connectivity index (χ1v) is 12.6. The number of rotatable bonds is 8. The largest absolute Gasteiger partial charge is 0.465 e. The minimum Gasteiger partial charge on any atom is -0.465 e. The summed E-state index contributed by atoms with van der Waals surface area (Å²) in [7, 11) is 1.57. The third-order valence-corrected chi connectivity index (χ3v) is 5.72. The normalized spacial score (nSPS) is 11.5. The molecule has 198 valence electrons. The Kier molecular flexibility index (Phi) is 8.63. The Hall–Kier alpha value is -3.81. The van der Waals surface area contributed by atoms with Gasteiger partial charge in [-0.25, -0.2) is 9.59 Å². The lowest BCUT2D eigenvalue weighted by Crippen LogP contribution is -2.34. The lowest BCUT2D eigenvalue weighted by Gasteiger charge is -2.24. The number of aromatic nitrogens is 1. The zero-order valence-corrected chi connectivity index (χ0v) is 22.8. The number of benzene rings is 2. The summed E-state index contributed by atoms with van der Waals surface area (Å²) < 4.78 is 5.28. The van der Waals surface area contributed by atoms with Crippen LogP contribution in [0, 0.1) is 12.8 Å². The molecule has 0 aliphatic rings.